The summed E-state index contributed by atoms with van der Waals surface area (Å²) in [4.78, 5) is 11.3. The highest BCUT2D eigenvalue weighted by Gasteiger charge is 2.50. The molecule has 88 valence electrons. The molecule has 2 N–H and O–H groups in total. The molecule has 1 aliphatic carbocycles. The van der Waals surface area contributed by atoms with Gasteiger partial charge >= 0.3 is 5.97 Å². The fraction of sp³-hybridized carbons (Fsp3) is 0.917. The third-order valence-corrected chi connectivity index (χ3v) is 3.29. The van der Waals surface area contributed by atoms with Crippen LogP contribution in [0.15, 0.2) is 0 Å². The van der Waals surface area contributed by atoms with Crippen molar-refractivity contribution in [3.05, 3.63) is 0 Å². The van der Waals surface area contributed by atoms with Gasteiger partial charge in [-0.2, -0.15) is 0 Å². The van der Waals surface area contributed by atoms with E-state index in [0.29, 0.717) is 18.4 Å². The maximum atomic E-state index is 11.3. The molecule has 3 nitrogen and oxygen atoms in total. The predicted octanol–water partition coefficient (Wildman–Crippen LogP) is 2.26. The van der Waals surface area contributed by atoms with Crippen LogP contribution in [0.5, 0.6) is 0 Å². The maximum Gasteiger partial charge on any atom is 0.323 e. The Hall–Kier alpha value is -0.570. The Morgan fingerprint density at radius 2 is 2.07 bits per heavy atom. The van der Waals surface area contributed by atoms with Crippen LogP contribution in [0.4, 0.5) is 0 Å². The van der Waals surface area contributed by atoms with Gasteiger partial charge in [0.15, 0.2) is 0 Å². The van der Waals surface area contributed by atoms with Crippen molar-refractivity contribution in [1.29, 1.82) is 0 Å². The third kappa shape index (κ3) is 2.94. The molecule has 0 aromatic carbocycles. The first-order valence-corrected chi connectivity index (χ1v) is 5.68. The first-order valence-electron chi connectivity index (χ1n) is 5.68. The van der Waals surface area contributed by atoms with Crippen LogP contribution in [0.25, 0.3) is 0 Å². The van der Waals surface area contributed by atoms with Crippen molar-refractivity contribution >= 4 is 5.97 Å². The number of hydrogen-bond donors (Lipinski definition) is 2. The van der Waals surface area contributed by atoms with Crippen LogP contribution >= 0.6 is 0 Å². The van der Waals surface area contributed by atoms with Gasteiger partial charge in [-0.1, -0.05) is 27.7 Å². The van der Waals surface area contributed by atoms with E-state index < -0.39 is 11.5 Å². The molecule has 1 saturated carbocycles. The summed E-state index contributed by atoms with van der Waals surface area (Å²) in [5.74, 6) is -0.348. The Kier molecular flexibility index (Phi) is 3.15. The Bertz CT molecular complexity index is 260. The number of carboxylic acids is 1. The molecule has 0 saturated heterocycles. The molecule has 0 amide bonds. The minimum Gasteiger partial charge on any atom is -0.480 e. The van der Waals surface area contributed by atoms with E-state index >= 15 is 0 Å². The van der Waals surface area contributed by atoms with Gasteiger partial charge in [0, 0.05) is 6.04 Å². The van der Waals surface area contributed by atoms with Gasteiger partial charge < -0.3 is 5.11 Å². The molecule has 0 heterocycles. The van der Waals surface area contributed by atoms with Gasteiger partial charge in [0.1, 0.15) is 5.54 Å². The van der Waals surface area contributed by atoms with E-state index in [-0.39, 0.29) is 5.41 Å². The van der Waals surface area contributed by atoms with E-state index in [2.05, 4.69) is 33.0 Å². The highest BCUT2D eigenvalue weighted by molar-refractivity contribution is 5.78. The van der Waals surface area contributed by atoms with Gasteiger partial charge in [-0.25, -0.2) is 0 Å². The highest BCUT2D eigenvalue weighted by Crippen LogP contribution is 2.46. The lowest BCUT2D eigenvalue weighted by Gasteiger charge is -2.29. The minimum absolute atomic E-state index is 0.272. The van der Waals surface area contributed by atoms with Crippen LogP contribution in [0.1, 0.15) is 47.5 Å². The molecule has 0 spiro atoms. The number of rotatable bonds is 5. The highest BCUT2D eigenvalue weighted by atomic mass is 16.4. The zero-order chi connectivity index (χ0) is 11.9. The summed E-state index contributed by atoms with van der Waals surface area (Å²) in [7, 11) is 0. The van der Waals surface area contributed by atoms with E-state index in [4.69, 9.17) is 0 Å². The Morgan fingerprint density at radius 3 is 2.33 bits per heavy atom. The lowest BCUT2D eigenvalue weighted by molar-refractivity contribution is -0.145. The molecule has 15 heavy (non-hydrogen) atoms. The number of aliphatic carboxylic acids is 1. The van der Waals surface area contributed by atoms with E-state index in [9.17, 15) is 9.90 Å². The van der Waals surface area contributed by atoms with Gasteiger partial charge in [0.05, 0.1) is 0 Å². The molecule has 0 aliphatic heterocycles. The number of hydrogen-bond acceptors (Lipinski definition) is 2. The SMILES string of the molecule is CC(C)CC(C)(NC1CC1(C)C)C(=O)O. The van der Waals surface area contributed by atoms with Gasteiger partial charge in [0.2, 0.25) is 0 Å². The molecule has 0 radical (unpaired) electrons. The maximum absolute atomic E-state index is 11.3. The fourth-order valence-electron chi connectivity index (χ4n) is 2.12. The average Bonchev–Trinajstić information content (AvgIpc) is 2.55. The van der Waals surface area contributed by atoms with Crippen LogP contribution in [0, 0.1) is 11.3 Å². The Labute approximate surface area is 92.3 Å². The molecule has 0 aromatic heterocycles. The van der Waals surface area contributed by atoms with Crippen molar-refractivity contribution in [2.75, 3.05) is 0 Å². The molecule has 0 bridgehead atoms. The van der Waals surface area contributed by atoms with Gasteiger partial charge in [-0.3, -0.25) is 10.1 Å². The zero-order valence-corrected chi connectivity index (χ0v) is 10.4. The monoisotopic (exact) mass is 213 g/mol. The van der Waals surface area contributed by atoms with Crippen LogP contribution in [0.3, 0.4) is 0 Å². The van der Waals surface area contributed by atoms with Crippen molar-refractivity contribution in [1.82, 2.24) is 5.32 Å². The Balaban J connectivity index is 2.62. The van der Waals surface area contributed by atoms with Gasteiger partial charge in [-0.15, -0.1) is 0 Å². The average molecular weight is 213 g/mol. The second kappa shape index (κ2) is 3.78. The molecule has 1 fully saturated rings. The topological polar surface area (TPSA) is 49.3 Å². The largest absolute Gasteiger partial charge is 0.480 e. The summed E-state index contributed by atoms with van der Waals surface area (Å²) >= 11 is 0. The third-order valence-electron chi connectivity index (χ3n) is 3.29. The van der Waals surface area contributed by atoms with Crippen molar-refractivity contribution in [2.45, 2.75) is 59.0 Å². The van der Waals surface area contributed by atoms with Crippen LogP contribution < -0.4 is 5.32 Å². The predicted molar refractivity (Wildman–Crippen MR) is 60.8 cm³/mol. The summed E-state index contributed by atoms with van der Waals surface area (Å²) in [5, 5.41) is 12.6. The zero-order valence-electron chi connectivity index (χ0n) is 10.4. The number of carbonyl (C=O) groups is 1. The van der Waals surface area contributed by atoms with Crippen LogP contribution in [-0.2, 0) is 4.79 Å². The number of nitrogens with one attached hydrogen (secondary N) is 1. The standard InChI is InChI=1S/C12H23NO2/c1-8(2)6-12(5,10(14)15)13-9-7-11(9,3)4/h8-9,13H,6-7H2,1-5H3,(H,14,15). The summed E-state index contributed by atoms with van der Waals surface area (Å²) in [6.45, 7) is 10.2. The first-order chi connectivity index (χ1) is 6.67. The van der Waals surface area contributed by atoms with Crippen molar-refractivity contribution in [3.63, 3.8) is 0 Å². The lowest BCUT2D eigenvalue weighted by atomic mass is 9.90. The van der Waals surface area contributed by atoms with Crippen molar-refractivity contribution < 1.29 is 9.90 Å². The summed E-state index contributed by atoms with van der Waals surface area (Å²) < 4.78 is 0. The summed E-state index contributed by atoms with van der Waals surface area (Å²) in [5.41, 5.74) is -0.500. The van der Waals surface area contributed by atoms with Crippen LogP contribution in [-0.4, -0.2) is 22.7 Å². The van der Waals surface area contributed by atoms with Crippen molar-refractivity contribution in [2.24, 2.45) is 11.3 Å². The summed E-state index contributed by atoms with van der Waals surface area (Å²) in [6, 6.07) is 0.359. The second-order valence-electron chi connectivity index (χ2n) is 6.12. The quantitative estimate of drug-likeness (QED) is 0.736. The van der Waals surface area contributed by atoms with Crippen molar-refractivity contribution in [3.8, 4) is 0 Å². The molecule has 1 rings (SSSR count). The minimum atomic E-state index is -0.771. The fourth-order valence-corrected chi connectivity index (χ4v) is 2.12. The molecule has 0 aromatic rings. The molecule has 1 aliphatic rings. The first kappa shape index (κ1) is 12.5. The van der Waals surface area contributed by atoms with E-state index in [0.717, 1.165) is 6.42 Å². The van der Waals surface area contributed by atoms with E-state index in [1.165, 1.54) is 0 Å². The molecular formula is C12H23NO2. The van der Waals surface area contributed by atoms with E-state index in [1.807, 2.05) is 0 Å². The summed E-state index contributed by atoms with van der Waals surface area (Å²) in [6.07, 6.45) is 1.75. The van der Waals surface area contributed by atoms with Gasteiger partial charge in [-0.05, 0) is 31.1 Å². The number of carboxylic acid groups (broad SMARTS) is 1. The lowest BCUT2D eigenvalue weighted by Crippen LogP contribution is -2.52. The molecule has 2 atom stereocenters. The van der Waals surface area contributed by atoms with Gasteiger partial charge in [0.25, 0.3) is 0 Å². The molecule has 2 unspecified atom stereocenters. The molecule has 3 heteroatoms. The molecular weight excluding hydrogens is 190 g/mol. The van der Waals surface area contributed by atoms with Crippen LogP contribution in [0.2, 0.25) is 0 Å². The Morgan fingerprint density at radius 1 is 1.60 bits per heavy atom. The van der Waals surface area contributed by atoms with E-state index in [1.54, 1.807) is 6.92 Å². The second-order valence-corrected chi connectivity index (χ2v) is 6.12. The normalized spacial score (nSPS) is 27.5. The smallest absolute Gasteiger partial charge is 0.323 e.